The summed E-state index contributed by atoms with van der Waals surface area (Å²) >= 11 is 0. The maximum atomic E-state index is 13.8. The third-order valence-electron chi connectivity index (χ3n) is 3.61. The molecule has 1 atom stereocenters. The summed E-state index contributed by atoms with van der Waals surface area (Å²) in [5.41, 5.74) is 7.22. The minimum atomic E-state index is -0.271. The number of imidazole rings is 1. The highest BCUT2D eigenvalue weighted by molar-refractivity contribution is 5.71. The normalized spacial score (nSPS) is 18.7. The predicted molar refractivity (Wildman–Crippen MR) is 69.7 cm³/mol. The summed E-state index contributed by atoms with van der Waals surface area (Å²) in [5.74, 6) is 1.29. The Hall–Kier alpha value is -1.84. The number of fused-ring (bicyclic) bond motifs is 1. The van der Waals surface area contributed by atoms with E-state index in [1.807, 2.05) is 4.57 Å². The topological polar surface area (TPSA) is 43.8 Å². The van der Waals surface area contributed by atoms with Crippen LogP contribution in [0, 0.1) is 5.82 Å². The maximum absolute atomic E-state index is 13.8. The lowest BCUT2D eigenvalue weighted by Gasteiger charge is -2.22. The van der Waals surface area contributed by atoms with Gasteiger partial charge in [-0.25, -0.2) is 9.37 Å². The highest BCUT2D eigenvalue weighted by Crippen LogP contribution is 2.34. The van der Waals surface area contributed by atoms with Gasteiger partial charge in [-0.2, -0.15) is 0 Å². The standard InChI is InChI=1S/C14H16FN3/c1-9-5-4-8-12-17-13(14(16)18(9)12)10-6-2-3-7-11(10)15/h2-3,6-7,9H,4-5,8,16H2,1H3. The highest BCUT2D eigenvalue weighted by atomic mass is 19.1. The molecule has 0 spiro atoms. The molecule has 4 heteroatoms. The van der Waals surface area contributed by atoms with E-state index in [-0.39, 0.29) is 5.82 Å². The number of aromatic nitrogens is 2. The molecule has 2 N–H and O–H groups in total. The van der Waals surface area contributed by atoms with E-state index >= 15 is 0 Å². The van der Waals surface area contributed by atoms with Crippen LogP contribution in [0.2, 0.25) is 0 Å². The van der Waals surface area contributed by atoms with E-state index in [2.05, 4.69) is 11.9 Å². The fourth-order valence-corrected chi connectivity index (χ4v) is 2.70. The predicted octanol–water partition coefficient (Wildman–Crippen LogP) is 3.17. The molecule has 94 valence electrons. The first-order valence-corrected chi connectivity index (χ1v) is 6.30. The molecule has 2 aromatic rings. The van der Waals surface area contributed by atoms with E-state index in [4.69, 9.17) is 5.73 Å². The Bertz CT molecular complexity index is 589. The minimum absolute atomic E-state index is 0.271. The number of hydrogen-bond acceptors (Lipinski definition) is 2. The number of rotatable bonds is 1. The van der Waals surface area contributed by atoms with Crippen molar-refractivity contribution >= 4 is 5.82 Å². The molecule has 0 aliphatic carbocycles. The lowest BCUT2D eigenvalue weighted by Crippen LogP contribution is -2.16. The lowest BCUT2D eigenvalue weighted by molar-refractivity contribution is 0.430. The van der Waals surface area contributed by atoms with Crippen molar-refractivity contribution < 1.29 is 4.39 Å². The van der Waals surface area contributed by atoms with Crippen molar-refractivity contribution in [3.8, 4) is 11.3 Å². The molecule has 1 aromatic heterocycles. The van der Waals surface area contributed by atoms with Gasteiger partial charge >= 0.3 is 0 Å². The molecule has 3 rings (SSSR count). The fraction of sp³-hybridized carbons (Fsp3) is 0.357. The van der Waals surface area contributed by atoms with Gasteiger partial charge in [-0.15, -0.1) is 0 Å². The van der Waals surface area contributed by atoms with Crippen molar-refractivity contribution in [1.29, 1.82) is 0 Å². The Morgan fingerprint density at radius 1 is 1.39 bits per heavy atom. The fourth-order valence-electron chi connectivity index (χ4n) is 2.70. The van der Waals surface area contributed by atoms with Gasteiger partial charge in [0.25, 0.3) is 0 Å². The van der Waals surface area contributed by atoms with Crippen LogP contribution in [0.5, 0.6) is 0 Å². The molecule has 1 aliphatic heterocycles. The van der Waals surface area contributed by atoms with Crippen LogP contribution in [0.1, 0.15) is 31.6 Å². The largest absolute Gasteiger partial charge is 0.383 e. The summed E-state index contributed by atoms with van der Waals surface area (Å²) in [6, 6.07) is 7.00. The molecule has 0 saturated carbocycles. The number of benzene rings is 1. The van der Waals surface area contributed by atoms with Crippen LogP contribution in [0.3, 0.4) is 0 Å². The van der Waals surface area contributed by atoms with Crippen LogP contribution < -0.4 is 5.73 Å². The van der Waals surface area contributed by atoms with Crippen LogP contribution >= 0.6 is 0 Å². The second kappa shape index (κ2) is 4.12. The summed E-state index contributed by atoms with van der Waals surface area (Å²) in [4.78, 5) is 4.53. The first-order chi connectivity index (χ1) is 8.68. The second-order valence-corrected chi connectivity index (χ2v) is 4.85. The highest BCUT2D eigenvalue weighted by Gasteiger charge is 2.24. The van der Waals surface area contributed by atoms with Gasteiger partial charge in [-0.1, -0.05) is 12.1 Å². The molecule has 18 heavy (non-hydrogen) atoms. The van der Waals surface area contributed by atoms with Crippen molar-refractivity contribution in [2.24, 2.45) is 0 Å². The number of nitrogens with two attached hydrogens (primary N) is 1. The van der Waals surface area contributed by atoms with E-state index < -0.39 is 0 Å². The van der Waals surface area contributed by atoms with Crippen molar-refractivity contribution in [3.63, 3.8) is 0 Å². The Kier molecular flexibility index (Phi) is 2.58. The Labute approximate surface area is 105 Å². The number of nitrogens with zero attached hydrogens (tertiary/aromatic N) is 2. The van der Waals surface area contributed by atoms with Crippen molar-refractivity contribution in [2.45, 2.75) is 32.2 Å². The van der Waals surface area contributed by atoms with E-state index in [9.17, 15) is 4.39 Å². The quantitative estimate of drug-likeness (QED) is 0.838. The van der Waals surface area contributed by atoms with Crippen molar-refractivity contribution in [1.82, 2.24) is 9.55 Å². The average Bonchev–Trinajstić information content (AvgIpc) is 2.69. The monoisotopic (exact) mass is 245 g/mol. The second-order valence-electron chi connectivity index (χ2n) is 4.85. The van der Waals surface area contributed by atoms with E-state index in [0.717, 1.165) is 25.1 Å². The van der Waals surface area contributed by atoms with Crippen LogP contribution in [0.15, 0.2) is 24.3 Å². The van der Waals surface area contributed by atoms with Gasteiger partial charge in [0.05, 0.1) is 0 Å². The third kappa shape index (κ3) is 1.60. The molecule has 0 saturated heterocycles. The maximum Gasteiger partial charge on any atom is 0.132 e. The van der Waals surface area contributed by atoms with Gasteiger partial charge in [-0.3, -0.25) is 0 Å². The first-order valence-electron chi connectivity index (χ1n) is 6.30. The smallest absolute Gasteiger partial charge is 0.132 e. The molecule has 0 fully saturated rings. The van der Waals surface area contributed by atoms with Gasteiger partial charge in [0.15, 0.2) is 0 Å². The number of hydrogen-bond donors (Lipinski definition) is 1. The lowest BCUT2D eigenvalue weighted by atomic mass is 10.1. The molecule has 3 nitrogen and oxygen atoms in total. The SMILES string of the molecule is CC1CCCc2nc(-c3ccccc3F)c(N)n21. The zero-order chi connectivity index (χ0) is 12.7. The molecule has 0 amide bonds. The molecule has 0 radical (unpaired) electrons. The van der Waals surface area contributed by atoms with Gasteiger partial charge in [0.1, 0.15) is 23.2 Å². The molecule has 1 aliphatic rings. The molecule has 2 heterocycles. The summed E-state index contributed by atoms with van der Waals surface area (Å²) < 4.78 is 15.9. The molecular weight excluding hydrogens is 229 g/mol. The number of aryl methyl sites for hydroxylation is 1. The van der Waals surface area contributed by atoms with E-state index in [1.165, 1.54) is 6.07 Å². The minimum Gasteiger partial charge on any atom is -0.383 e. The summed E-state index contributed by atoms with van der Waals surface area (Å²) in [6.45, 7) is 2.13. The average molecular weight is 245 g/mol. The van der Waals surface area contributed by atoms with Crippen LogP contribution in [0.25, 0.3) is 11.3 Å². The van der Waals surface area contributed by atoms with Crippen LogP contribution in [-0.2, 0) is 6.42 Å². The summed E-state index contributed by atoms with van der Waals surface area (Å²) in [5, 5.41) is 0. The number of anilines is 1. The Morgan fingerprint density at radius 2 is 2.17 bits per heavy atom. The van der Waals surface area contributed by atoms with Gasteiger partial charge in [-0.05, 0) is 31.9 Å². The summed E-state index contributed by atoms with van der Waals surface area (Å²) in [7, 11) is 0. The molecular formula is C14H16FN3. The molecule has 1 aromatic carbocycles. The Balaban J connectivity index is 2.18. The third-order valence-corrected chi connectivity index (χ3v) is 3.61. The zero-order valence-corrected chi connectivity index (χ0v) is 10.4. The van der Waals surface area contributed by atoms with E-state index in [0.29, 0.717) is 23.1 Å². The molecule has 1 unspecified atom stereocenters. The van der Waals surface area contributed by atoms with Gasteiger partial charge in [0, 0.05) is 18.0 Å². The van der Waals surface area contributed by atoms with Crippen LogP contribution in [-0.4, -0.2) is 9.55 Å². The summed E-state index contributed by atoms with van der Waals surface area (Å²) in [6.07, 6.45) is 3.14. The number of nitrogen functional groups attached to an aromatic ring is 1. The van der Waals surface area contributed by atoms with Crippen molar-refractivity contribution in [2.75, 3.05) is 5.73 Å². The van der Waals surface area contributed by atoms with Crippen molar-refractivity contribution in [3.05, 3.63) is 35.9 Å². The van der Waals surface area contributed by atoms with Crippen LogP contribution in [0.4, 0.5) is 10.2 Å². The van der Waals surface area contributed by atoms with Gasteiger partial charge in [0.2, 0.25) is 0 Å². The zero-order valence-electron chi connectivity index (χ0n) is 10.4. The Morgan fingerprint density at radius 3 is 2.89 bits per heavy atom. The first kappa shape index (κ1) is 11.3. The van der Waals surface area contributed by atoms with E-state index in [1.54, 1.807) is 18.2 Å². The van der Waals surface area contributed by atoms with Gasteiger partial charge < -0.3 is 10.3 Å². The number of halogens is 1. The molecule has 0 bridgehead atoms.